The third kappa shape index (κ3) is 3.95. The maximum absolute atomic E-state index is 6.08. The normalized spacial score (nSPS) is 15.1. The molecule has 1 saturated carbocycles. The van der Waals surface area contributed by atoms with E-state index in [0.29, 0.717) is 19.1 Å². The van der Waals surface area contributed by atoms with Crippen molar-refractivity contribution in [1.82, 2.24) is 9.55 Å². The highest BCUT2D eigenvalue weighted by atomic mass is 16.5. The van der Waals surface area contributed by atoms with E-state index < -0.39 is 0 Å². The molecule has 27 heavy (non-hydrogen) atoms. The number of aromatic nitrogens is 2. The molecular weight excluding hydrogens is 336 g/mol. The molecular formula is C23H28N2O2. The molecule has 1 aromatic heterocycles. The zero-order valence-corrected chi connectivity index (χ0v) is 16.1. The Morgan fingerprint density at radius 3 is 2.41 bits per heavy atom. The van der Waals surface area contributed by atoms with Crippen LogP contribution in [0, 0.1) is 0 Å². The van der Waals surface area contributed by atoms with Crippen LogP contribution in [0.1, 0.15) is 50.8 Å². The van der Waals surface area contributed by atoms with E-state index in [1.165, 1.54) is 43.4 Å². The van der Waals surface area contributed by atoms with Gasteiger partial charge in [-0.05, 0) is 44.0 Å². The lowest BCUT2D eigenvalue weighted by Crippen LogP contribution is -2.16. The van der Waals surface area contributed by atoms with Crippen LogP contribution in [-0.2, 0) is 6.54 Å². The average molecular weight is 364 g/mol. The molecule has 0 saturated heterocycles. The van der Waals surface area contributed by atoms with E-state index in [2.05, 4.69) is 28.8 Å². The maximum atomic E-state index is 6.08. The topological polar surface area (TPSA) is 36.3 Å². The third-order valence-electron chi connectivity index (χ3n) is 5.38. The molecule has 2 aromatic carbocycles. The van der Waals surface area contributed by atoms with Gasteiger partial charge in [0.15, 0.2) is 11.5 Å². The maximum Gasteiger partial charge on any atom is 0.161 e. The fourth-order valence-electron chi connectivity index (χ4n) is 4.09. The number of para-hydroxylation sites is 4. The molecule has 4 heteroatoms. The van der Waals surface area contributed by atoms with Gasteiger partial charge < -0.3 is 14.0 Å². The first-order valence-corrected chi connectivity index (χ1v) is 10.2. The smallest absolute Gasteiger partial charge is 0.161 e. The second kappa shape index (κ2) is 8.47. The zero-order valence-electron chi connectivity index (χ0n) is 16.1. The van der Waals surface area contributed by atoms with Crippen molar-refractivity contribution < 1.29 is 9.47 Å². The number of hydrogen-bond acceptors (Lipinski definition) is 3. The first-order valence-electron chi connectivity index (χ1n) is 10.2. The molecule has 1 aliphatic carbocycles. The quantitative estimate of drug-likeness (QED) is 0.550. The van der Waals surface area contributed by atoms with Crippen LogP contribution in [0.3, 0.4) is 0 Å². The highest BCUT2D eigenvalue weighted by Gasteiger charge is 2.22. The molecule has 0 amide bonds. The minimum atomic E-state index is 0.571. The van der Waals surface area contributed by atoms with Crippen molar-refractivity contribution in [2.75, 3.05) is 13.2 Å². The highest BCUT2D eigenvalue weighted by Crippen LogP contribution is 2.34. The second-order valence-corrected chi connectivity index (χ2v) is 7.17. The fraction of sp³-hybridized carbons (Fsp3) is 0.435. The SMILES string of the molecule is CCOc1ccccc1OCCn1c(C2CCCCC2)nc2ccccc21. The van der Waals surface area contributed by atoms with E-state index in [4.69, 9.17) is 14.5 Å². The predicted octanol–water partition coefficient (Wildman–Crippen LogP) is 5.56. The summed E-state index contributed by atoms with van der Waals surface area (Å²) in [6.07, 6.45) is 6.47. The van der Waals surface area contributed by atoms with E-state index in [1.54, 1.807) is 0 Å². The summed E-state index contributed by atoms with van der Waals surface area (Å²) in [6, 6.07) is 16.3. The van der Waals surface area contributed by atoms with Crippen LogP contribution in [0.4, 0.5) is 0 Å². The van der Waals surface area contributed by atoms with E-state index in [1.807, 2.05) is 31.2 Å². The first kappa shape index (κ1) is 17.9. The van der Waals surface area contributed by atoms with E-state index in [9.17, 15) is 0 Å². The molecule has 0 radical (unpaired) electrons. The minimum absolute atomic E-state index is 0.571. The molecule has 0 N–H and O–H groups in total. The van der Waals surface area contributed by atoms with E-state index in [-0.39, 0.29) is 0 Å². The Kier molecular flexibility index (Phi) is 5.61. The molecule has 0 bridgehead atoms. The molecule has 0 unspecified atom stereocenters. The number of imidazole rings is 1. The summed E-state index contributed by atoms with van der Waals surface area (Å²) in [5.41, 5.74) is 2.30. The van der Waals surface area contributed by atoms with Crippen molar-refractivity contribution in [2.24, 2.45) is 0 Å². The molecule has 3 aromatic rings. The molecule has 1 aliphatic rings. The van der Waals surface area contributed by atoms with Gasteiger partial charge in [-0.1, -0.05) is 43.5 Å². The lowest BCUT2D eigenvalue weighted by molar-refractivity contribution is 0.265. The standard InChI is InChI=1S/C23H28N2O2/c1-2-26-21-14-8-9-15-22(21)27-17-16-25-20-13-7-6-12-19(20)24-23(25)18-10-4-3-5-11-18/h6-9,12-15,18H,2-5,10-11,16-17H2,1H3. The van der Waals surface area contributed by atoms with Gasteiger partial charge in [-0.2, -0.15) is 0 Å². The lowest BCUT2D eigenvalue weighted by Gasteiger charge is -2.22. The second-order valence-electron chi connectivity index (χ2n) is 7.17. The van der Waals surface area contributed by atoms with Gasteiger partial charge in [-0.25, -0.2) is 4.98 Å². The van der Waals surface area contributed by atoms with Gasteiger partial charge in [-0.3, -0.25) is 0 Å². The zero-order chi connectivity index (χ0) is 18.5. The Balaban J connectivity index is 1.54. The van der Waals surface area contributed by atoms with Crippen LogP contribution < -0.4 is 9.47 Å². The first-order chi connectivity index (χ1) is 13.4. The predicted molar refractivity (Wildman–Crippen MR) is 109 cm³/mol. The van der Waals surface area contributed by atoms with Gasteiger partial charge in [0.1, 0.15) is 12.4 Å². The van der Waals surface area contributed by atoms with Crippen molar-refractivity contribution in [3.63, 3.8) is 0 Å². The summed E-state index contributed by atoms with van der Waals surface area (Å²) in [4.78, 5) is 4.99. The fourth-order valence-corrected chi connectivity index (χ4v) is 4.09. The number of nitrogens with zero attached hydrogens (tertiary/aromatic N) is 2. The summed E-state index contributed by atoms with van der Waals surface area (Å²) in [7, 11) is 0. The van der Waals surface area contributed by atoms with Crippen molar-refractivity contribution in [3.8, 4) is 11.5 Å². The van der Waals surface area contributed by atoms with Crippen LogP contribution >= 0.6 is 0 Å². The third-order valence-corrected chi connectivity index (χ3v) is 5.38. The Morgan fingerprint density at radius 2 is 1.63 bits per heavy atom. The van der Waals surface area contributed by atoms with Gasteiger partial charge in [0.25, 0.3) is 0 Å². The number of fused-ring (bicyclic) bond motifs is 1. The number of ether oxygens (including phenoxy) is 2. The summed E-state index contributed by atoms with van der Waals surface area (Å²) >= 11 is 0. The van der Waals surface area contributed by atoms with Crippen molar-refractivity contribution in [3.05, 3.63) is 54.4 Å². The number of rotatable bonds is 7. The minimum Gasteiger partial charge on any atom is -0.490 e. The van der Waals surface area contributed by atoms with Gasteiger partial charge in [0.2, 0.25) is 0 Å². The molecule has 1 heterocycles. The van der Waals surface area contributed by atoms with Crippen LogP contribution in [0.2, 0.25) is 0 Å². The Morgan fingerprint density at radius 1 is 0.926 bits per heavy atom. The molecule has 0 spiro atoms. The van der Waals surface area contributed by atoms with Crippen LogP contribution in [0.15, 0.2) is 48.5 Å². The molecule has 0 atom stereocenters. The Bertz CT molecular complexity index is 881. The van der Waals surface area contributed by atoms with Gasteiger partial charge >= 0.3 is 0 Å². The van der Waals surface area contributed by atoms with Crippen LogP contribution in [0.5, 0.6) is 11.5 Å². The van der Waals surface area contributed by atoms with E-state index >= 15 is 0 Å². The summed E-state index contributed by atoms with van der Waals surface area (Å²) < 4.78 is 14.1. The largest absolute Gasteiger partial charge is 0.490 e. The molecule has 4 nitrogen and oxygen atoms in total. The van der Waals surface area contributed by atoms with Crippen LogP contribution in [-0.4, -0.2) is 22.8 Å². The summed E-state index contributed by atoms with van der Waals surface area (Å²) in [5, 5.41) is 0. The highest BCUT2D eigenvalue weighted by molar-refractivity contribution is 5.76. The monoisotopic (exact) mass is 364 g/mol. The van der Waals surface area contributed by atoms with E-state index in [0.717, 1.165) is 23.6 Å². The van der Waals surface area contributed by atoms with Crippen LogP contribution in [0.25, 0.3) is 11.0 Å². The Labute approximate surface area is 161 Å². The van der Waals surface area contributed by atoms with Gasteiger partial charge in [-0.15, -0.1) is 0 Å². The molecule has 1 fully saturated rings. The lowest BCUT2D eigenvalue weighted by atomic mass is 9.88. The summed E-state index contributed by atoms with van der Waals surface area (Å²) in [5.74, 6) is 3.42. The van der Waals surface area contributed by atoms with Crippen molar-refractivity contribution >= 4 is 11.0 Å². The average Bonchev–Trinajstić information content (AvgIpc) is 3.09. The Hall–Kier alpha value is -2.49. The number of benzene rings is 2. The number of hydrogen-bond donors (Lipinski definition) is 0. The molecule has 0 aliphatic heterocycles. The van der Waals surface area contributed by atoms with Crippen molar-refractivity contribution in [2.45, 2.75) is 51.5 Å². The van der Waals surface area contributed by atoms with Crippen molar-refractivity contribution in [1.29, 1.82) is 0 Å². The molecule has 4 rings (SSSR count). The molecule has 142 valence electrons. The van der Waals surface area contributed by atoms with Gasteiger partial charge in [0, 0.05) is 5.92 Å². The van der Waals surface area contributed by atoms with Gasteiger partial charge in [0.05, 0.1) is 24.2 Å². The summed E-state index contributed by atoms with van der Waals surface area (Å²) in [6.45, 7) is 4.03.